The zero-order valence-corrected chi connectivity index (χ0v) is 2.37. The molecule has 0 N–H and O–H groups in total. The van der Waals surface area contributed by atoms with E-state index in [0.717, 1.165) is 0 Å². The van der Waals surface area contributed by atoms with Crippen molar-refractivity contribution < 1.29 is 22.5 Å². The molecule has 0 heterocycles. The summed E-state index contributed by atoms with van der Waals surface area (Å²) in [7, 11) is 0. The molecule has 0 amide bonds. The van der Waals surface area contributed by atoms with Gasteiger partial charge < -0.3 is 0 Å². The third-order valence-corrected chi connectivity index (χ3v) is 0. The van der Waals surface area contributed by atoms with Crippen LogP contribution in [0.2, 0.25) is 0 Å². The average molecular weight is 127 g/mol. The predicted molar refractivity (Wildman–Crippen MR) is 8.52 cm³/mol. The summed E-state index contributed by atoms with van der Waals surface area (Å²) in [6.07, 6.45) is 0. The summed E-state index contributed by atoms with van der Waals surface area (Å²) in [6, 6.07) is 0. The fourth-order valence-corrected chi connectivity index (χ4v) is 0. The van der Waals surface area contributed by atoms with Crippen LogP contribution in [0.15, 0.2) is 0 Å². The molecule has 0 aromatic carbocycles. The van der Waals surface area contributed by atoms with Crippen LogP contribution < -0.4 is 0 Å². The van der Waals surface area contributed by atoms with Gasteiger partial charge in [0.1, 0.15) is 0 Å². The molecule has 0 aliphatic heterocycles. The molecule has 0 atom stereocenters. The molecule has 4 heteroatoms. The predicted octanol–water partition coefficient (Wildman–Crippen LogP) is -0.889. The van der Waals surface area contributed by atoms with Crippen molar-refractivity contribution in [1.82, 2.24) is 0 Å². The molecule has 21 valence electrons. The van der Waals surface area contributed by atoms with Gasteiger partial charge in [0.05, 0.1) is 0 Å². The maximum atomic E-state index is 8.41. The summed E-state index contributed by atoms with van der Waals surface area (Å²) >= 11 is -1.44. The molecule has 0 fully saturated rings. The second kappa shape index (κ2) is 8.83. The fraction of sp³-hybridized carbons (Fsp3) is 0. The van der Waals surface area contributed by atoms with E-state index in [9.17, 15) is 0 Å². The topological polar surface area (TPSA) is 34.1 Å². The Morgan fingerprint density at radius 1 is 1.25 bits per heavy atom. The van der Waals surface area contributed by atoms with E-state index in [-0.39, 0.29) is 51.4 Å². The maximum absolute atomic E-state index is 8.41. The summed E-state index contributed by atoms with van der Waals surface area (Å²) in [4.78, 5) is 0. The molecule has 0 bridgehead atoms. The van der Waals surface area contributed by atoms with Crippen molar-refractivity contribution in [1.29, 1.82) is 0 Å². The Kier molecular flexibility index (Phi) is 20.4. The van der Waals surface area contributed by atoms with Crippen molar-refractivity contribution in [2.75, 3.05) is 0 Å². The molecule has 0 aliphatic rings. The zero-order valence-electron chi connectivity index (χ0n) is 1.19. The first-order chi connectivity index (χ1) is 1.41. The van der Waals surface area contributed by atoms with E-state index < -0.39 is 14.8 Å². The number of hydrogen-bond donors (Lipinski definition) is 0. The molecular formula is HKMnO2. The van der Waals surface area contributed by atoms with E-state index in [4.69, 9.17) is 7.67 Å². The average Bonchev–Trinajstić information content (AvgIpc) is 0.918. The normalized spacial score (nSPS) is 3.00. The SMILES string of the molecule is [KH].[O]=[Mn]=[O]. The molecule has 0 aromatic rings. The Morgan fingerprint density at radius 2 is 1.25 bits per heavy atom. The third kappa shape index (κ3) is 9.25. The van der Waals surface area contributed by atoms with Crippen LogP contribution in [0, 0.1) is 0 Å². The molecule has 0 unspecified atom stereocenters. The third-order valence-electron chi connectivity index (χ3n) is 0. The second-order valence-corrected chi connectivity index (χ2v) is 0.260. The Morgan fingerprint density at radius 3 is 1.25 bits per heavy atom. The van der Waals surface area contributed by atoms with Gasteiger partial charge in [0, 0.05) is 0 Å². The Labute approximate surface area is 72.3 Å². The summed E-state index contributed by atoms with van der Waals surface area (Å²) in [5.41, 5.74) is 0. The number of rotatable bonds is 0. The Balaban J connectivity index is 0. The van der Waals surface area contributed by atoms with Gasteiger partial charge in [-0.3, -0.25) is 0 Å². The molecule has 0 saturated carbocycles. The van der Waals surface area contributed by atoms with Crippen molar-refractivity contribution in [3.8, 4) is 0 Å². The van der Waals surface area contributed by atoms with E-state index in [2.05, 4.69) is 0 Å². The minimum atomic E-state index is -1.44. The van der Waals surface area contributed by atoms with Gasteiger partial charge >= 0.3 is 73.9 Å². The van der Waals surface area contributed by atoms with E-state index in [1.807, 2.05) is 0 Å². The zero-order chi connectivity index (χ0) is 2.71. The first-order valence-corrected chi connectivity index (χ1v) is 1.27. The van der Waals surface area contributed by atoms with Gasteiger partial charge in [-0.1, -0.05) is 0 Å². The molecule has 0 radical (unpaired) electrons. The molecular weight excluding hydrogens is 126 g/mol. The number of hydrogen-bond acceptors (Lipinski definition) is 2. The van der Waals surface area contributed by atoms with Crippen LogP contribution in [-0.2, 0) is 22.5 Å². The first kappa shape index (κ1) is 9.23. The van der Waals surface area contributed by atoms with Crippen molar-refractivity contribution in [3.63, 3.8) is 0 Å². The fourth-order valence-electron chi connectivity index (χ4n) is 0. The van der Waals surface area contributed by atoms with Crippen LogP contribution in [0.25, 0.3) is 0 Å². The van der Waals surface area contributed by atoms with Gasteiger partial charge in [-0.15, -0.1) is 0 Å². The molecule has 0 spiro atoms. The molecule has 4 heavy (non-hydrogen) atoms. The Bertz CT molecular complexity index is 27.0. The van der Waals surface area contributed by atoms with Crippen LogP contribution in [0.3, 0.4) is 0 Å². The minimum absolute atomic E-state index is 0. The van der Waals surface area contributed by atoms with Crippen molar-refractivity contribution >= 4 is 51.4 Å². The van der Waals surface area contributed by atoms with Crippen molar-refractivity contribution in [2.45, 2.75) is 0 Å². The van der Waals surface area contributed by atoms with Gasteiger partial charge in [0.25, 0.3) is 0 Å². The Hall–Kier alpha value is 1.76. The van der Waals surface area contributed by atoms with Crippen LogP contribution in [0.1, 0.15) is 0 Å². The molecule has 0 rings (SSSR count). The van der Waals surface area contributed by atoms with Crippen LogP contribution >= 0.6 is 0 Å². The van der Waals surface area contributed by atoms with Crippen molar-refractivity contribution in [2.24, 2.45) is 0 Å². The van der Waals surface area contributed by atoms with Gasteiger partial charge in [-0.25, -0.2) is 0 Å². The van der Waals surface area contributed by atoms with E-state index in [0.29, 0.717) is 0 Å². The second-order valence-electron chi connectivity index (χ2n) is 0.0630. The summed E-state index contributed by atoms with van der Waals surface area (Å²) in [5, 5.41) is 0. The van der Waals surface area contributed by atoms with Gasteiger partial charge in [0.15, 0.2) is 0 Å². The summed E-state index contributed by atoms with van der Waals surface area (Å²) < 4.78 is 16.8. The molecule has 2 nitrogen and oxygen atoms in total. The van der Waals surface area contributed by atoms with Crippen LogP contribution in [0.5, 0.6) is 0 Å². The van der Waals surface area contributed by atoms with Gasteiger partial charge in [0.2, 0.25) is 0 Å². The van der Waals surface area contributed by atoms with E-state index >= 15 is 0 Å². The van der Waals surface area contributed by atoms with E-state index in [1.54, 1.807) is 0 Å². The first-order valence-electron chi connectivity index (χ1n) is 0.309. The van der Waals surface area contributed by atoms with Crippen molar-refractivity contribution in [3.05, 3.63) is 0 Å². The van der Waals surface area contributed by atoms with Crippen LogP contribution in [-0.4, -0.2) is 51.4 Å². The van der Waals surface area contributed by atoms with Crippen LogP contribution in [0.4, 0.5) is 0 Å². The monoisotopic (exact) mass is 127 g/mol. The van der Waals surface area contributed by atoms with Gasteiger partial charge in [-0.05, 0) is 0 Å². The quantitative estimate of drug-likeness (QED) is 0.395. The summed E-state index contributed by atoms with van der Waals surface area (Å²) in [5.74, 6) is 0. The molecule has 0 aliphatic carbocycles. The van der Waals surface area contributed by atoms with Gasteiger partial charge in [-0.2, -0.15) is 0 Å². The van der Waals surface area contributed by atoms with E-state index in [1.165, 1.54) is 0 Å². The molecule has 0 saturated heterocycles. The standard InChI is InChI=1S/K.Mn.2O.H. The summed E-state index contributed by atoms with van der Waals surface area (Å²) in [6.45, 7) is 0. The molecule has 0 aromatic heterocycles.